The van der Waals surface area contributed by atoms with Gasteiger partial charge >= 0.3 is 0 Å². The van der Waals surface area contributed by atoms with E-state index in [1.165, 1.54) is 0 Å². The van der Waals surface area contributed by atoms with E-state index in [1.807, 2.05) is 13.8 Å². The van der Waals surface area contributed by atoms with Crippen molar-refractivity contribution in [2.45, 2.75) is 50.1 Å². The SMILES string of the molecule is CC1CCCC(C)N1S(=O)(=O)c1ccc(N)cc1Br. The summed E-state index contributed by atoms with van der Waals surface area (Å²) in [6.07, 6.45) is 2.91. The van der Waals surface area contributed by atoms with Crippen LogP contribution in [0.3, 0.4) is 0 Å². The van der Waals surface area contributed by atoms with Crippen LogP contribution in [0.2, 0.25) is 0 Å². The zero-order valence-electron chi connectivity index (χ0n) is 11.1. The molecule has 1 heterocycles. The van der Waals surface area contributed by atoms with Crippen molar-refractivity contribution in [3.05, 3.63) is 22.7 Å². The third-order valence-corrected chi connectivity index (χ3v) is 6.73. The van der Waals surface area contributed by atoms with E-state index in [0.717, 1.165) is 19.3 Å². The molecule has 19 heavy (non-hydrogen) atoms. The van der Waals surface area contributed by atoms with Crippen molar-refractivity contribution in [3.63, 3.8) is 0 Å². The van der Waals surface area contributed by atoms with Crippen LogP contribution in [0.5, 0.6) is 0 Å². The van der Waals surface area contributed by atoms with E-state index >= 15 is 0 Å². The first-order valence-corrected chi connectivity index (χ1v) is 8.66. The molecule has 2 N–H and O–H groups in total. The third kappa shape index (κ3) is 2.80. The Morgan fingerprint density at radius 3 is 2.37 bits per heavy atom. The van der Waals surface area contributed by atoms with E-state index in [9.17, 15) is 8.42 Å². The normalized spacial score (nSPS) is 25.4. The lowest BCUT2D eigenvalue weighted by atomic mass is 10.0. The fourth-order valence-electron chi connectivity index (χ4n) is 2.71. The fraction of sp³-hybridized carbons (Fsp3) is 0.538. The molecule has 1 aliphatic rings. The topological polar surface area (TPSA) is 63.4 Å². The van der Waals surface area contributed by atoms with Gasteiger partial charge in [0.25, 0.3) is 0 Å². The van der Waals surface area contributed by atoms with Gasteiger partial charge < -0.3 is 5.73 Å². The van der Waals surface area contributed by atoms with E-state index in [1.54, 1.807) is 22.5 Å². The molecule has 106 valence electrons. The van der Waals surface area contributed by atoms with Crippen molar-refractivity contribution in [1.82, 2.24) is 4.31 Å². The summed E-state index contributed by atoms with van der Waals surface area (Å²) in [5.74, 6) is 0. The number of sulfonamides is 1. The number of nitrogen functional groups attached to an aromatic ring is 1. The van der Waals surface area contributed by atoms with Crippen LogP contribution in [0.4, 0.5) is 5.69 Å². The molecule has 0 amide bonds. The van der Waals surface area contributed by atoms with E-state index < -0.39 is 10.0 Å². The third-order valence-electron chi connectivity index (χ3n) is 3.62. The van der Waals surface area contributed by atoms with Crippen molar-refractivity contribution < 1.29 is 8.42 Å². The maximum atomic E-state index is 12.8. The monoisotopic (exact) mass is 346 g/mol. The molecule has 6 heteroatoms. The molecule has 0 bridgehead atoms. The summed E-state index contributed by atoms with van der Waals surface area (Å²) < 4.78 is 27.7. The molecule has 0 saturated carbocycles. The average Bonchev–Trinajstić information content (AvgIpc) is 2.27. The van der Waals surface area contributed by atoms with Crippen LogP contribution in [0.1, 0.15) is 33.1 Å². The summed E-state index contributed by atoms with van der Waals surface area (Å²) in [6, 6.07) is 4.91. The molecule has 0 radical (unpaired) electrons. The Kier molecular flexibility index (Phi) is 4.23. The predicted molar refractivity (Wildman–Crippen MR) is 80.4 cm³/mol. The molecular formula is C13H19BrN2O2S. The zero-order chi connectivity index (χ0) is 14.2. The summed E-state index contributed by atoms with van der Waals surface area (Å²) in [5.41, 5.74) is 6.21. The van der Waals surface area contributed by atoms with Crippen molar-refractivity contribution in [1.29, 1.82) is 0 Å². The Labute approximate surface area is 123 Å². The number of benzene rings is 1. The van der Waals surface area contributed by atoms with Crippen LogP contribution in [-0.2, 0) is 10.0 Å². The molecular weight excluding hydrogens is 328 g/mol. The van der Waals surface area contributed by atoms with Gasteiger partial charge in [0.2, 0.25) is 10.0 Å². The molecule has 1 aromatic carbocycles. The van der Waals surface area contributed by atoms with Gasteiger partial charge in [-0.05, 0) is 60.8 Å². The van der Waals surface area contributed by atoms with Crippen LogP contribution in [0.15, 0.2) is 27.6 Å². The number of nitrogens with two attached hydrogens (primary N) is 1. The molecule has 0 spiro atoms. The quantitative estimate of drug-likeness (QED) is 0.837. The number of halogens is 1. The first-order valence-electron chi connectivity index (χ1n) is 6.42. The minimum Gasteiger partial charge on any atom is -0.399 e. The van der Waals surface area contributed by atoms with Gasteiger partial charge in [-0.1, -0.05) is 6.42 Å². The standard InChI is InChI=1S/C13H19BrN2O2S/c1-9-4-3-5-10(2)16(9)19(17,18)13-7-6-11(15)8-12(13)14/h6-10H,3-5,15H2,1-2H3. The van der Waals surface area contributed by atoms with E-state index in [-0.39, 0.29) is 12.1 Å². The molecule has 1 aliphatic heterocycles. The van der Waals surface area contributed by atoms with Gasteiger partial charge in [0.15, 0.2) is 0 Å². The van der Waals surface area contributed by atoms with Crippen LogP contribution < -0.4 is 5.73 Å². The summed E-state index contributed by atoms with van der Waals surface area (Å²) >= 11 is 3.30. The lowest BCUT2D eigenvalue weighted by molar-refractivity contribution is 0.204. The highest BCUT2D eigenvalue weighted by molar-refractivity contribution is 9.10. The maximum absolute atomic E-state index is 12.8. The fourth-order valence-corrected chi connectivity index (χ4v) is 5.65. The average molecular weight is 347 g/mol. The van der Waals surface area contributed by atoms with Gasteiger partial charge in [0, 0.05) is 22.2 Å². The minimum atomic E-state index is -3.48. The van der Waals surface area contributed by atoms with Gasteiger partial charge in [0.1, 0.15) is 0 Å². The molecule has 1 saturated heterocycles. The molecule has 0 aliphatic carbocycles. The number of nitrogens with zero attached hydrogens (tertiary/aromatic N) is 1. The lowest BCUT2D eigenvalue weighted by Crippen LogP contribution is -2.47. The molecule has 2 unspecified atom stereocenters. The number of rotatable bonds is 2. The molecule has 1 fully saturated rings. The van der Waals surface area contributed by atoms with Gasteiger partial charge in [0.05, 0.1) is 4.90 Å². The lowest BCUT2D eigenvalue weighted by Gasteiger charge is -2.37. The second-order valence-electron chi connectivity index (χ2n) is 5.15. The molecule has 4 nitrogen and oxygen atoms in total. The molecule has 2 atom stereocenters. The Morgan fingerprint density at radius 2 is 1.84 bits per heavy atom. The summed E-state index contributed by atoms with van der Waals surface area (Å²) in [5, 5.41) is 0. The van der Waals surface area contributed by atoms with Gasteiger partial charge in [-0.3, -0.25) is 0 Å². The van der Waals surface area contributed by atoms with Crippen LogP contribution in [0, 0.1) is 0 Å². The second-order valence-corrected chi connectivity index (χ2v) is 7.82. The van der Waals surface area contributed by atoms with Gasteiger partial charge in [-0.2, -0.15) is 4.31 Å². The predicted octanol–water partition coefficient (Wildman–Crippen LogP) is 2.98. The van der Waals surface area contributed by atoms with Crippen molar-refractivity contribution in [2.75, 3.05) is 5.73 Å². The highest BCUT2D eigenvalue weighted by Gasteiger charge is 2.36. The number of piperidine rings is 1. The van der Waals surface area contributed by atoms with Crippen LogP contribution in [-0.4, -0.2) is 24.8 Å². The Hall–Kier alpha value is -0.590. The molecule has 2 rings (SSSR count). The van der Waals surface area contributed by atoms with Gasteiger partial charge in [-0.15, -0.1) is 0 Å². The van der Waals surface area contributed by atoms with Gasteiger partial charge in [-0.25, -0.2) is 8.42 Å². The molecule has 1 aromatic rings. The smallest absolute Gasteiger partial charge is 0.244 e. The minimum absolute atomic E-state index is 0.0400. The first-order chi connectivity index (χ1) is 8.84. The van der Waals surface area contributed by atoms with Crippen molar-refractivity contribution in [3.8, 4) is 0 Å². The molecule has 0 aromatic heterocycles. The van der Waals surface area contributed by atoms with Crippen molar-refractivity contribution in [2.24, 2.45) is 0 Å². The van der Waals surface area contributed by atoms with E-state index in [0.29, 0.717) is 15.1 Å². The van der Waals surface area contributed by atoms with Crippen molar-refractivity contribution >= 4 is 31.6 Å². The summed E-state index contributed by atoms with van der Waals surface area (Å²) in [4.78, 5) is 0.294. The van der Waals surface area contributed by atoms with Crippen LogP contribution in [0.25, 0.3) is 0 Å². The number of anilines is 1. The van der Waals surface area contributed by atoms with E-state index in [2.05, 4.69) is 15.9 Å². The zero-order valence-corrected chi connectivity index (χ0v) is 13.5. The highest BCUT2D eigenvalue weighted by Crippen LogP contribution is 2.33. The second kappa shape index (κ2) is 5.42. The van der Waals surface area contributed by atoms with Crippen LogP contribution >= 0.6 is 15.9 Å². The van der Waals surface area contributed by atoms with E-state index in [4.69, 9.17) is 5.73 Å². The largest absolute Gasteiger partial charge is 0.399 e. The first kappa shape index (κ1) is 14.8. The Balaban J connectivity index is 2.46. The Morgan fingerprint density at radius 1 is 1.26 bits per heavy atom. The number of hydrogen-bond donors (Lipinski definition) is 1. The Bertz CT molecular complexity index is 564. The summed E-state index contributed by atoms with van der Waals surface area (Å²) in [7, 11) is -3.48. The number of hydrogen-bond acceptors (Lipinski definition) is 3. The highest BCUT2D eigenvalue weighted by atomic mass is 79.9. The summed E-state index contributed by atoms with van der Waals surface area (Å²) in [6.45, 7) is 3.94. The maximum Gasteiger partial charge on any atom is 0.244 e.